The predicted octanol–water partition coefficient (Wildman–Crippen LogP) is 2.76. The van der Waals surface area contributed by atoms with Crippen molar-refractivity contribution in [3.8, 4) is 6.07 Å². The fraction of sp³-hybridized carbons (Fsp3) is 0.500. The number of amides is 1. The number of carbonyl (C=O) groups is 1. The first-order valence-electron chi connectivity index (χ1n) is 7.19. The van der Waals surface area contributed by atoms with Crippen LogP contribution >= 0.6 is 0 Å². The largest absolute Gasteiger partial charge is 0.326 e. The summed E-state index contributed by atoms with van der Waals surface area (Å²) < 4.78 is 0. The van der Waals surface area contributed by atoms with Crippen molar-refractivity contribution in [3.05, 3.63) is 29.8 Å². The van der Waals surface area contributed by atoms with Crippen LogP contribution in [0.4, 0.5) is 5.69 Å². The first kappa shape index (κ1) is 14.5. The van der Waals surface area contributed by atoms with E-state index in [0.717, 1.165) is 6.54 Å². The summed E-state index contributed by atoms with van der Waals surface area (Å²) in [6.45, 7) is 0.786. The smallest absolute Gasteiger partial charge is 0.225 e. The molecule has 1 aliphatic carbocycles. The van der Waals surface area contributed by atoms with Crippen LogP contribution in [-0.4, -0.2) is 30.4 Å². The van der Waals surface area contributed by atoms with Crippen molar-refractivity contribution >= 4 is 11.6 Å². The van der Waals surface area contributed by atoms with Crippen LogP contribution in [0, 0.1) is 11.3 Å². The highest BCUT2D eigenvalue weighted by molar-refractivity contribution is 5.90. The SMILES string of the molecule is CN(CCC(=O)Nc1cccc(C#N)c1)C1CCCC1. The Morgan fingerprint density at radius 1 is 1.45 bits per heavy atom. The van der Waals surface area contributed by atoms with Crippen LogP contribution in [0.1, 0.15) is 37.7 Å². The van der Waals surface area contributed by atoms with Crippen LogP contribution in [0.2, 0.25) is 0 Å². The molecule has 1 aromatic rings. The van der Waals surface area contributed by atoms with Crippen molar-refractivity contribution in [3.63, 3.8) is 0 Å². The second kappa shape index (κ2) is 7.06. The van der Waals surface area contributed by atoms with Gasteiger partial charge in [0.25, 0.3) is 0 Å². The number of nitriles is 1. The highest BCUT2D eigenvalue weighted by Gasteiger charge is 2.19. The minimum Gasteiger partial charge on any atom is -0.326 e. The van der Waals surface area contributed by atoms with E-state index in [9.17, 15) is 4.79 Å². The normalized spacial score (nSPS) is 15.2. The lowest BCUT2D eigenvalue weighted by molar-refractivity contribution is -0.116. The van der Waals surface area contributed by atoms with E-state index in [2.05, 4.69) is 23.3 Å². The topological polar surface area (TPSA) is 56.1 Å². The molecule has 0 unspecified atom stereocenters. The Balaban J connectivity index is 1.78. The zero-order valence-electron chi connectivity index (χ0n) is 11.9. The molecule has 2 rings (SSSR count). The fourth-order valence-electron chi connectivity index (χ4n) is 2.70. The summed E-state index contributed by atoms with van der Waals surface area (Å²) in [4.78, 5) is 14.2. The maximum Gasteiger partial charge on any atom is 0.225 e. The van der Waals surface area contributed by atoms with Gasteiger partial charge in [0.15, 0.2) is 0 Å². The molecule has 0 heterocycles. The molecule has 1 aliphatic rings. The fourth-order valence-corrected chi connectivity index (χ4v) is 2.70. The van der Waals surface area contributed by atoms with Gasteiger partial charge in [-0.2, -0.15) is 5.26 Å². The molecule has 0 radical (unpaired) electrons. The quantitative estimate of drug-likeness (QED) is 0.896. The van der Waals surface area contributed by atoms with Crippen LogP contribution in [0.25, 0.3) is 0 Å². The van der Waals surface area contributed by atoms with Gasteiger partial charge in [-0.3, -0.25) is 4.79 Å². The Morgan fingerprint density at radius 3 is 2.90 bits per heavy atom. The summed E-state index contributed by atoms with van der Waals surface area (Å²) in [7, 11) is 2.10. The molecule has 0 spiro atoms. The number of rotatable bonds is 5. The third-order valence-corrected chi connectivity index (χ3v) is 3.92. The molecular weight excluding hydrogens is 250 g/mol. The highest BCUT2D eigenvalue weighted by atomic mass is 16.1. The first-order valence-corrected chi connectivity index (χ1v) is 7.19. The highest BCUT2D eigenvalue weighted by Crippen LogP contribution is 2.22. The molecule has 0 atom stereocenters. The monoisotopic (exact) mass is 271 g/mol. The Labute approximate surface area is 120 Å². The molecule has 0 saturated heterocycles. The number of benzene rings is 1. The van der Waals surface area contributed by atoms with Gasteiger partial charge >= 0.3 is 0 Å². The molecule has 1 saturated carbocycles. The summed E-state index contributed by atoms with van der Waals surface area (Å²) in [6, 6.07) is 9.71. The molecule has 20 heavy (non-hydrogen) atoms. The summed E-state index contributed by atoms with van der Waals surface area (Å²) in [5.74, 6) is 0.00457. The number of carbonyl (C=O) groups excluding carboxylic acids is 1. The van der Waals surface area contributed by atoms with E-state index >= 15 is 0 Å². The zero-order valence-corrected chi connectivity index (χ0v) is 11.9. The van der Waals surface area contributed by atoms with Gasteiger partial charge in [0.2, 0.25) is 5.91 Å². The van der Waals surface area contributed by atoms with Gasteiger partial charge in [0, 0.05) is 24.7 Å². The summed E-state index contributed by atoms with van der Waals surface area (Å²) in [6.07, 6.45) is 5.61. The standard InChI is InChI=1S/C16H21N3O/c1-19(15-7-2-3-8-15)10-9-16(20)18-14-6-4-5-13(11-14)12-17/h4-6,11,15H,2-3,7-10H2,1H3,(H,18,20). The van der Waals surface area contributed by atoms with Crippen LogP contribution < -0.4 is 5.32 Å². The Kier molecular flexibility index (Phi) is 5.14. The van der Waals surface area contributed by atoms with Crippen molar-refractivity contribution in [1.82, 2.24) is 4.90 Å². The number of hydrogen-bond acceptors (Lipinski definition) is 3. The minimum absolute atomic E-state index is 0.00457. The maximum absolute atomic E-state index is 11.9. The Morgan fingerprint density at radius 2 is 2.20 bits per heavy atom. The van der Waals surface area contributed by atoms with Gasteiger partial charge in [-0.25, -0.2) is 0 Å². The van der Waals surface area contributed by atoms with E-state index in [1.54, 1.807) is 24.3 Å². The Bertz CT molecular complexity index is 501. The lowest BCUT2D eigenvalue weighted by atomic mass is 10.2. The van der Waals surface area contributed by atoms with Crippen molar-refractivity contribution in [1.29, 1.82) is 5.26 Å². The molecule has 4 heteroatoms. The van der Waals surface area contributed by atoms with E-state index in [-0.39, 0.29) is 5.91 Å². The van der Waals surface area contributed by atoms with Crippen LogP contribution in [0.3, 0.4) is 0 Å². The number of anilines is 1. The number of nitrogens with one attached hydrogen (secondary N) is 1. The first-order chi connectivity index (χ1) is 9.69. The zero-order chi connectivity index (χ0) is 14.4. The van der Waals surface area contributed by atoms with Gasteiger partial charge in [-0.1, -0.05) is 18.9 Å². The van der Waals surface area contributed by atoms with Crippen LogP contribution in [-0.2, 0) is 4.79 Å². The van der Waals surface area contributed by atoms with Crippen molar-refractivity contribution in [2.24, 2.45) is 0 Å². The van der Waals surface area contributed by atoms with Crippen LogP contribution in [0.5, 0.6) is 0 Å². The van der Waals surface area contributed by atoms with Gasteiger partial charge in [0.05, 0.1) is 11.6 Å². The molecule has 1 N–H and O–H groups in total. The number of nitrogens with zero attached hydrogens (tertiary/aromatic N) is 2. The molecular formula is C16H21N3O. The Hall–Kier alpha value is -1.86. The molecule has 1 aromatic carbocycles. The third kappa shape index (κ3) is 4.07. The average Bonchev–Trinajstić information content (AvgIpc) is 2.99. The molecule has 106 valence electrons. The second-order valence-electron chi connectivity index (χ2n) is 5.41. The maximum atomic E-state index is 11.9. The summed E-state index contributed by atoms with van der Waals surface area (Å²) in [5, 5.41) is 11.7. The number of hydrogen-bond donors (Lipinski definition) is 1. The van der Waals surface area contributed by atoms with Crippen LogP contribution in [0.15, 0.2) is 24.3 Å². The van der Waals surface area contributed by atoms with Gasteiger partial charge in [-0.15, -0.1) is 0 Å². The summed E-state index contributed by atoms with van der Waals surface area (Å²) in [5.41, 5.74) is 1.25. The van der Waals surface area contributed by atoms with E-state index in [0.29, 0.717) is 23.7 Å². The van der Waals surface area contributed by atoms with E-state index in [1.807, 2.05) is 0 Å². The molecule has 0 aromatic heterocycles. The van der Waals surface area contributed by atoms with E-state index in [1.165, 1.54) is 25.7 Å². The minimum atomic E-state index is 0.00457. The molecule has 0 bridgehead atoms. The summed E-state index contributed by atoms with van der Waals surface area (Å²) >= 11 is 0. The van der Waals surface area contributed by atoms with Gasteiger partial charge in [-0.05, 0) is 38.1 Å². The molecule has 1 amide bonds. The molecule has 1 fully saturated rings. The van der Waals surface area contributed by atoms with Crippen molar-refractivity contribution in [2.45, 2.75) is 38.1 Å². The average molecular weight is 271 g/mol. The lowest BCUT2D eigenvalue weighted by Crippen LogP contribution is -2.32. The third-order valence-electron chi connectivity index (χ3n) is 3.92. The molecule has 4 nitrogen and oxygen atoms in total. The second-order valence-corrected chi connectivity index (χ2v) is 5.41. The van der Waals surface area contributed by atoms with Gasteiger partial charge in [0.1, 0.15) is 0 Å². The van der Waals surface area contributed by atoms with Gasteiger partial charge < -0.3 is 10.2 Å². The predicted molar refractivity (Wildman–Crippen MR) is 79.3 cm³/mol. The lowest BCUT2D eigenvalue weighted by Gasteiger charge is -2.23. The van der Waals surface area contributed by atoms with Crippen molar-refractivity contribution < 1.29 is 4.79 Å². The van der Waals surface area contributed by atoms with E-state index < -0.39 is 0 Å². The van der Waals surface area contributed by atoms with Crippen molar-refractivity contribution in [2.75, 3.05) is 18.9 Å². The van der Waals surface area contributed by atoms with E-state index in [4.69, 9.17) is 5.26 Å². The molecule has 0 aliphatic heterocycles.